The summed E-state index contributed by atoms with van der Waals surface area (Å²) in [6.07, 6.45) is 14.4. The molecule has 0 aliphatic carbocycles. The minimum Gasteiger partial charge on any atom is -0.478 e. The summed E-state index contributed by atoms with van der Waals surface area (Å²) in [7, 11) is 0. The number of carbonyl (C=O) groups is 1. The summed E-state index contributed by atoms with van der Waals surface area (Å²) >= 11 is 0. The lowest BCUT2D eigenvalue weighted by molar-refractivity contribution is -0.154. The van der Waals surface area contributed by atoms with Gasteiger partial charge in [-0.05, 0) is 83.4 Å². The van der Waals surface area contributed by atoms with Crippen LogP contribution in [-0.4, -0.2) is 25.8 Å². The fraction of sp³-hybridized carbons (Fsp3) is 0.533. The van der Waals surface area contributed by atoms with E-state index in [0.717, 1.165) is 36.4 Å². The van der Waals surface area contributed by atoms with Gasteiger partial charge in [0.2, 0.25) is 5.60 Å². The maximum atomic E-state index is 12.4. The van der Waals surface area contributed by atoms with Crippen LogP contribution >= 0.6 is 0 Å². The number of imidazole rings is 1. The number of aryl methyl sites for hydroxylation is 2. The highest BCUT2D eigenvalue weighted by Crippen LogP contribution is 2.22. The molecule has 6 heteroatoms. The second-order valence-electron chi connectivity index (χ2n) is 9.56. The molecule has 2 aromatic rings. The molecule has 0 amide bonds. The third-order valence-corrected chi connectivity index (χ3v) is 6.12. The van der Waals surface area contributed by atoms with Gasteiger partial charge in [0.15, 0.2) is 0 Å². The van der Waals surface area contributed by atoms with Gasteiger partial charge in [-0.3, -0.25) is 9.13 Å². The topological polar surface area (TPSA) is 73.5 Å². The molecule has 1 N–H and O–H groups in total. The standard InChI is InChI=1S/C23H32N2O4.C7H14/c1-5-8-16-24-17-19(25(7-3)22(24)28)11-9-10-18-12-14-20(15-13-18)29-23(4,6-2)21(26)27;1-4-5-6-7(2)3/h5,8,12-15,17H,6-7,9-11,16H2,1-4H3,(H,26,27);4-5,7H,6H2,1-3H3/b8-5+;5-4-. The molecule has 0 aliphatic heterocycles. The van der Waals surface area contributed by atoms with Crippen LogP contribution in [0.15, 0.2) is 59.6 Å². The smallest absolute Gasteiger partial charge is 0.347 e. The molecule has 1 aromatic heterocycles. The second-order valence-corrected chi connectivity index (χ2v) is 9.56. The molecule has 2 rings (SSSR count). The Morgan fingerprint density at radius 3 is 2.19 bits per heavy atom. The minimum atomic E-state index is -1.22. The van der Waals surface area contributed by atoms with Gasteiger partial charge in [-0.15, -0.1) is 0 Å². The highest BCUT2D eigenvalue weighted by Gasteiger charge is 2.33. The van der Waals surface area contributed by atoms with Crippen molar-refractivity contribution in [2.75, 3.05) is 0 Å². The highest BCUT2D eigenvalue weighted by atomic mass is 16.5. The summed E-state index contributed by atoms with van der Waals surface area (Å²) < 4.78 is 9.25. The predicted molar refractivity (Wildman–Crippen MR) is 149 cm³/mol. The molecule has 0 saturated heterocycles. The summed E-state index contributed by atoms with van der Waals surface area (Å²) in [5.41, 5.74) is 1.04. The van der Waals surface area contributed by atoms with Crippen LogP contribution in [0.2, 0.25) is 0 Å². The van der Waals surface area contributed by atoms with Gasteiger partial charge < -0.3 is 9.84 Å². The SMILES string of the molecule is C/C=C/Cn1cc(CCCc2ccc(OC(C)(CC)C(=O)O)cc2)n(CC)c1=O.C/C=C\CC(C)C. The molecule has 6 nitrogen and oxygen atoms in total. The van der Waals surface area contributed by atoms with Crippen molar-refractivity contribution in [2.45, 2.75) is 99.3 Å². The largest absolute Gasteiger partial charge is 0.478 e. The van der Waals surface area contributed by atoms with Gasteiger partial charge in [0, 0.05) is 25.0 Å². The zero-order valence-corrected chi connectivity index (χ0v) is 23.3. The van der Waals surface area contributed by atoms with E-state index in [1.807, 2.05) is 61.0 Å². The molecule has 0 aliphatic rings. The number of aliphatic carboxylic acids is 1. The minimum absolute atomic E-state index is 0.0412. The number of aromatic nitrogens is 2. The van der Waals surface area contributed by atoms with E-state index in [0.29, 0.717) is 25.3 Å². The van der Waals surface area contributed by atoms with Gasteiger partial charge in [-0.25, -0.2) is 9.59 Å². The Kier molecular flexibility index (Phi) is 13.7. The Morgan fingerprint density at radius 1 is 1.08 bits per heavy atom. The van der Waals surface area contributed by atoms with Crippen molar-refractivity contribution in [3.05, 3.63) is 76.5 Å². The van der Waals surface area contributed by atoms with Gasteiger partial charge in [0.25, 0.3) is 0 Å². The van der Waals surface area contributed by atoms with E-state index in [9.17, 15) is 14.7 Å². The van der Waals surface area contributed by atoms with Gasteiger partial charge in [-0.1, -0.05) is 57.2 Å². The lowest BCUT2D eigenvalue weighted by Gasteiger charge is -2.24. The van der Waals surface area contributed by atoms with Gasteiger partial charge in [0.1, 0.15) is 5.75 Å². The summed E-state index contributed by atoms with van der Waals surface area (Å²) in [5, 5.41) is 9.33. The second kappa shape index (κ2) is 15.9. The Balaban J connectivity index is 0.000000809. The van der Waals surface area contributed by atoms with Crippen molar-refractivity contribution in [1.29, 1.82) is 0 Å². The molecular formula is C30H46N2O4. The summed E-state index contributed by atoms with van der Waals surface area (Å²) in [5.74, 6) is 0.407. The lowest BCUT2D eigenvalue weighted by Crippen LogP contribution is -2.40. The Morgan fingerprint density at radius 2 is 1.72 bits per heavy atom. The van der Waals surface area contributed by atoms with Crippen LogP contribution in [0.3, 0.4) is 0 Å². The number of ether oxygens (including phenoxy) is 1. The van der Waals surface area contributed by atoms with Crippen molar-refractivity contribution in [3.63, 3.8) is 0 Å². The van der Waals surface area contributed by atoms with E-state index in [1.54, 1.807) is 18.4 Å². The predicted octanol–water partition coefficient (Wildman–Crippen LogP) is 6.66. The zero-order chi connectivity index (χ0) is 27.1. The monoisotopic (exact) mass is 498 g/mol. The molecule has 1 heterocycles. The van der Waals surface area contributed by atoms with E-state index in [4.69, 9.17) is 4.74 Å². The van der Waals surface area contributed by atoms with Crippen molar-refractivity contribution < 1.29 is 14.6 Å². The first kappa shape index (κ1) is 31.0. The normalized spacial score (nSPS) is 13.1. The first-order valence-electron chi connectivity index (χ1n) is 13.1. The number of benzene rings is 1. The number of allylic oxidation sites excluding steroid dienone is 4. The number of carboxylic acid groups (broad SMARTS) is 1. The van der Waals surface area contributed by atoms with E-state index in [1.165, 1.54) is 6.42 Å². The third kappa shape index (κ3) is 9.92. The van der Waals surface area contributed by atoms with E-state index >= 15 is 0 Å². The molecule has 0 bridgehead atoms. The van der Waals surface area contributed by atoms with Crippen LogP contribution in [-0.2, 0) is 30.7 Å². The number of nitrogens with zero attached hydrogens (tertiary/aromatic N) is 2. The van der Waals surface area contributed by atoms with Gasteiger partial charge in [-0.2, -0.15) is 0 Å². The average molecular weight is 499 g/mol. The molecule has 1 aromatic carbocycles. The van der Waals surface area contributed by atoms with E-state index < -0.39 is 11.6 Å². The van der Waals surface area contributed by atoms with Crippen molar-refractivity contribution in [3.8, 4) is 5.75 Å². The summed E-state index contributed by atoms with van der Waals surface area (Å²) in [6.45, 7) is 15.1. The molecule has 36 heavy (non-hydrogen) atoms. The van der Waals surface area contributed by atoms with Crippen LogP contribution in [0, 0.1) is 5.92 Å². The number of carboxylic acids is 1. The first-order chi connectivity index (χ1) is 17.1. The quantitative estimate of drug-likeness (QED) is 0.313. The molecular weight excluding hydrogens is 452 g/mol. The number of hydrogen-bond acceptors (Lipinski definition) is 3. The third-order valence-electron chi connectivity index (χ3n) is 6.12. The number of rotatable bonds is 13. The van der Waals surface area contributed by atoms with Crippen LogP contribution in [0.25, 0.3) is 0 Å². The van der Waals surface area contributed by atoms with Crippen LogP contribution in [0.1, 0.15) is 79.0 Å². The first-order valence-corrected chi connectivity index (χ1v) is 13.1. The Hall–Kier alpha value is -3.02. The van der Waals surface area contributed by atoms with E-state index in [-0.39, 0.29) is 5.69 Å². The summed E-state index contributed by atoms with van der Waals surface area (Å²) in [6, 6.07) is 7.58. The molecule has 0 spiro atoms. The summed E-state index contributed by atoms with van der Waals surface area (Å²) in [4.78, 5) is 23.8. The Labute approximate surface area is 217 Å². The van der Waals surface area contributed by atoms with Crippen molar-refractivity contribution in [2.24, 2.45) is 5.92 Å². The van der Waals surface area contributed by atoms with Crippen molar-refractivity contribution >= 4 is 5.97 Å². The zero-order valence-electron chi connectivity index (χ0n) is 23.3. The average Bonchev–Trinajstić information content (AvgIpc) is 3.16. The molecule has 0 radical (unpaired) electrons. The fourth-order valence-corrected chi connectivity index (χ4v) is 3.60. The van der Waals surface area contributed by atoms with Crippen molar-refractivity contribution in [1.82, 2.24) is 9.13 Å². The molecule has 0 saturated carbocycles. The maximum Gasteiger partial charge on any atom is 0.347 e. The van der Waals surface area contributed by atoms with Crippen LogP contribution < -0.4 is 10.4 Å². The molecule has 0 fully saturated rings. The van der Waals surface area contributed by atoms with E-state index in [2.05, 4.69) is 32.9 Å². The fourth-order valence-electron chi connectivity index (χ4n) is 3.60. The number of hydrogen-bond donors (Lipinski definition) is 1. The molecule has 1 unspecified atom stereocenters. The van der Waals surface area contributed by atoms with Crippen LogP contribution in [0.5, 0.6) is 5.75 Å². The van der Waals surface area contributed by atoms with Gasteiger partial charge >= 0.3 is 11.7 Å². The molecule has 200 valence electrons. The highest BCUT2D eigenvalue weighted by molar-refractivity contribution is 5.77. The Bertz CT molecular complexity index is 1030. The maximum absolute atomic E-state index is 12.4. The van der Waals surface area contributed by atoms with Crippen LogP contribution in [0.4, 0.5) is 0 Å². The van der Waals surface area contributed by atoms with Gasteiger partial charge in [0.05, 0.1) is 0 Å². The molecule has 1 atom stereocenters. The lowest BCUT2D eigenvalue weighted by atomic mass is 10.0.